The van der Waals surface area contributed by atoms with Gasteiger partial charge >= 0.3 is 0 Å². The summed E-state index contributed by atoms with van der Waals surface area (Å²) in [5, 5.41) is 3.45. The van der Waals surface area contributed by atoms with Crippen molar-refractivity contribution >= 4 is 0 Å². The van der Waals surface area contributed by atoms with Gasteiger partial charge in [0.25, 0.3) is 0 Å². The molecule has 0 bridgehead atoms. The third-order valence-corrected chi connectivity index (χ3v) is 2.08. The van der Waals surface area contributed by atoms with E-state index in [4.69, 9.17) is 4.74 Å². The van der Waals surface area contributed by atoms with Crippen LogP contribution in [0, 0.1) is 5.92 Å². The van der Waals surface area contributed by atoms with Crippen LogP contribution in [0.5, 0.6) is 0 Å². The molecule has 0 aromatic rings. The summed E-state index contributed by atoms with van der Waals surface area (Å²) in [7, 11) is 1.76. The van der Waals surface area contributed by atoms with Crippen LogP contribution in [0.2, 0.25) is 0 Å². The Hall–Kier alpha value is -0.340. The summed E-state index contributed by atoms with van der Waals surface area (Å²) in [6.07, 6.45) is 4.18. The highest BCUT2D eigenvalue weighted by Crippen LogP contribution is 2.09. The molecule has 0 heterocycles. The molecule has 2 nitrogen and oxygen atoms in total. The zero-order chi connectivity index (χ0) is 10.1. The molecule has 0 fully saturated rings. The first-order valence-electron chi connectivity index (χ1n) is 5.07. The summed E-state index contributed by atoms with van der Waals surface area (Å²) >= 11 is 0. The van der Waals surface area contributed by atoms with Crippen molar-refractivity contribution in [3.8, 4) is 0 Å². The highest BCUT2D eigenvalue weighted by atomic mass is 16.5. The van der Waals surface area contributed by atoms with Crippen molar-refractivity contribution in [3.05, 3.63) is 12.7 Å². The number of methoxy groups -OCH3 is 1. The van der Waals surface area contributed by atoms with Gasteiger partial charge in [-0.05, 0) is 25.3 Å². The van der Waals surface area contributed by atoms with E-state index < -0.39 is 0 Å². The fourth-order valence-electron chi connectivity index (χ4n) is 1.59. The van der Waals surface area contributed by atoms with Gasteiger partial charge in [-0.3, -0.25) is 0 Å². The lowest BCUT2D eigenvalue weighted by Crippen LogP contribution is -2.30. The molecule has 0 aliphatic rings. The summed E-state index contributed by atoms with van der Waals surface area (Å²) in [5.74, 6) is 0.619. The smallest absolute Gasteiger partial charge is 0.0488 e. The van der Waals surface area contributed by atoms with Crippen molar-refractivity contribution in [3.63, 3.8) is 0 Å². The molecule has 0 aromatic carbocycles. The van der Waals surface area contributed by atoms with Crippen molar-refractivity contribution in [2.75, 3.05) is 20.3 Å². The van der Waals surface area contributed by atoms with Crippen molar-refractivity contribution in [1.29, 1.82) is 0 Å². The SMILES string of the molecule is C=CCC(CC(C)COC)NCC. The molecule has 1 N–H and O–H groups in total. The van der Waals surface area contributed by atoms with Crippen molar-refractivity contribution in [2.24, 2.45) is 5.92 Å². The van der Waals surface area contributed by atoms with Gasteiger partial charge in [-0.15, -0.1) is 6.58 Å². The molecular weight excluding hydrogens is 162 g/mol. The largest absolute Gasteiger partial charge is 0.384 e. The minimum Gasteiger partial charge on any atom is -0.384 e. The van der Waals surface area contributed by atoms with Crippen LogP contribution in [0.25, 0.3) is 0 Å². The number of nitrogens with one attached hydrogen (secondary N) is 1. The van der Waals surface area contributed by atoms with E-state index in [0.717, 1.165) is 26.0 Å². The third-order valence-electron chi connectivity index (χ3n) is 2.08. The zero-order valence-electron chi connectivity index (χ0n) is 9.18. The van der Waals surface area contributed by atoms with Crippen molar-refractivity contribution in [2.45, 2.75) is 32.7 Å². The van der Waals surface area contributed by atoms with Crippen LogP contribution in [0.1, 0.15) is 26.7 Å². The number of hydrogen-bond acceptors (Lipinski definition) is 2. The molecule has 0 radical (unpaired) electrons. The molecule has 0 amide bonds. The first kappa shape index (κ1) is 12.7. The van der Waals surface area contributed by atoms with Crippen LogP contribution < -0.4 is 5.32 Å². The van der Waals surface area contributed by atoms with E-state index in [0.29, 0.717) is 12.0 Å². The minimum absolute atomic E-state index is 0.563. The molecule has 2 atom stereocenters. The highest BCUT2D eigenvalue weighted by Gasteiger charge is 2.10. The molecular formula is C11H23NO. The van der Waals surface area contributed by atoms with E-state index in [1.54, 1.807) is 7.11 Å². The molecule has 0 saturated carbocycles. The van der Waals surface area contributed by atoms with E-state index in [2.05, 4.69) is 25.7 Å². The lowest BCUT2D eigenvalue weighted by atomic mass is 10.0. The summed E-state index contributed by atoms with van der Waals surface area (Å²) in [6, 6.07) is 0.563. The Bertz CT molecular complexity index is 125. The molecule has 0 aliphatic carbocycles. The Balaban J connectivity index is 3.71. The second-order valence-electron chi connectivity index (χ2n) is 3.58. The monoisotopic (exact) mass is 185 g/mol. The number of ether oxygens (including phenoxy) is 1. The Kier molecular flexibility index (Phi) is 8.05. The van der Waals surface area contributed by atoms with Gasteiger partial charge in [0.05, 0.1) is 0 Å². The van der Waals surface area contributed by atoms with Crippen molar-refractivity contribution < 1.29 is 4.74 Å². The fraction of sp³-hybridized carbons (Fsp3) is 0.818. The van der Waals surface area contributed by atoms with E-state index in [9.17, 15) is 0 Å². The van der Waals surface area contributed by atoms with Gasteiger partial charge in [0, 0.05) is 19.8 Å². The van der Waals surface area contributed by atoms with E-state index >= 15 is 0 Å². The Morgan fingerprint density at radius 2 is 2.23 bits per heavy atom. The molecule has 0 spiro atoms. The van der Waals surface area contributed by atoms with Crippen molar-refractivity contribution in [1.82, 2.24) is 5.32 Å². The van der Waals surface area contributed by atoms with Gasteiger partial charge in [0.15, 0.2) is 0 Å². The summed E-state index contributed by atoms with van der Waals surface area (Å²) < 4.78 is 5.11. The lowest BCUT2D eigenvalue weighted by molar-refractivity contribution is 0.149. The quantitative estimate of drug-likeness (QED) is 0.585. The number of hydrogen-bond donors (Lipinski definition) is 1. The molecule has 0 saturated heterocycles. The summed E-state index contributed by atoms with van der Waals surface area (Å²) in [4.78, 5) is 0. The van der Waals surface area contributed by atoms with Gasteiger partial charge in [-0.1, -0.05) is 19.9 Å². The van der Waals surface area contributed by atoms with Crippen LogP contribution >= 0.6 is 0 Å². The zero-order valence-corrected chi connectivity index (χ0v) is 9.18. The molecule has 78 valence electrons. The molecule has 0 rings (SSSR count). The minimum atomic E-state index is 0.563. The predicted octanol–water partition coefficient (Wildman–Crippen LogP) is 2.21. The average molecular weight is 185 g/mol. The molecule has 2 unspecified atom stereocenters. The third kappa shape index (κ3) is 6.79. The molecule has 2 heteroatoms. The standard InChI is InChI=1S/C11H23NO/c1-5-7-11(12-6-2)8-10(3)9-13-4/h5,10-12H,1,6-9H2,2-4H3. The number of rotatable bonds is 8. The van der Waals surface area contributed by atoms with Gasteiger partial charge in [0.1, 0.15) is 0 Å². The van der Waals surface area contributed by atoms with E-state index in [-0.39, 0.29) is 0 Å². The van der Waals surface area contributed by atoms with Crippen LogP contribution in [0.4, 0.5) is 0 Å². The maximum Gasteiger partial charge on any atom is 0.0488 e. The maximum atomic E-state index is 5.11. The Morgan fingerprint density at radius 3 is 2.69 bits per heavy atom. The predicted molar refractivity (Wildman–Crippen MR) is 57.9 cm³/mol. The Labute approximate surface area is 82.4 Å². The first-order valence-corrected chi connectivity index (χ1v) is 5.07. The highest BCUT2D eigenvalue weighted by molar-refractivity contribution is 4.79. The second-order valence-corrected chi connectivity index (χ2v) is 3.58. The first-order chi connectivity index (χ1) is 6.24. The maximum absolute atomic E-state index is 5.11. The summed E-state index contributed by atoms with van der Waals surface area (Å²) in [5.41, 5.74) is 0. The normalized spacial score (nSPS) is 15.3. The van der Waals surface area contributed by atoms with Crippen LogP contribution in [0.15, 0.2) is 12.7 Å². The van der Waals surface area contributed by atoms with Gasteiger partial charge in [0.2, 0.25) is 0 Å². The molecule has 13 heavy (non-hydrogen) atoms. The van der Waals surface area contributed by atoms with Gasteiger partial charge in [-0.2, -0.15) is 0 Å². The second kappa shape index (κ2) is 8.27. The summed E-state index contributed by atoms with van der Waals surface area (Å²) in [6.45, 7) is 9.99. The van der Waals surface area contributed by atoms with E-state index in [1.807, 2.05) is 6.08 Å². The molecule has 0 aliphatic heterocycles. The van der Waals surface area contributed by atoms with Crippen LogP contribution in [-0.4, -0.2) is 26.3 Å². The fourth-order valence-corrected chi connectivity index (χ4v) is 1.59. The van der Waals surface area contributed by atoms with Gasteiger partial charge in [-0.25, -0.2) is 0 Å². The molecule has 0 aromatic heterocycles. The Morgan fingerprint density at radius 1 is 1.54 bits per heavy atom. The lowest BCUT2D eigenvalue weighted by Gasteiger charge is -2.19. The average Bonchev–Trinajstić information content (AvgIpc) is 2.05. The van der Waals surface area contributed by atoms with Crippen LogP contribution in [-0.2, 0) is 4.74 Å². The van der Waals surface area contributed by atoms with Crippen LogP contribution in [0.3, 0.4) is 0 Å². The van der Waals surface area contributed by atoms with Gasteiger partial charge < -0.3 is 10.1 Å². The topological polar surface area (TPSA) is 21.3 Å². The van der Waals surface area contributed by atoms with E-state index in [1.165, 1.54) is 0 Å².